The Kier molecular flexibility index (Phi) is 4.93. The Morgan fingerprint density at radius 1 is 1.25 bits per heavy atom. The number of carbonyl (C=O) groups excluding carboxylic acids is 1. The monoisotopic (exact) mass is 351 g/mol. The zero-order valence-electron chi connectivity index (χ0n) is 12.8. The molecule has 1 saturated heterocycles. The minimum Gasteiger partial charge on any atom is -0.438 e. The van der Waals surface area contributed by atoms with Crippen molar-refractivity contribution in [3.8, 4) is 0 Å². The van der Waals surface area contributed by atoms with Crippen molar-refractivity contribution in [2.45, 2.75) is 11.6 Å². The maximum absolute atomic E-state index is 12.4. The van der Waals surface area contributed by atoms with Crippen molar-refractivity contribution in [2.24, 2.45) is 0 Å². The molecule has 0 spiro atoms. The molecule has 0 aliphatic carbocycles. The van der Waals surface area contributed by atoms with E-state index >= 15 is 0 Å². The van der Waals surface area contributed by atoms with E-state index in [1.54, 1.807) is 18.5 Å². The Labute approximate surface area is 139 Å². The van der Waals surface area contributed by atoms with Gasteiger partial charge in [0.15, 0.2) is 5.76 Å². The maximum atomic E-state index is 12.4. The highest BCUT2D eigenvalue weighted by Crippen LogP contribution is 2.19. The van der Waals surface area contributed by atoms with Crippen molar-refractivity contribution in [1.82, 2.24) is 14.6 Å². The van der Waals surface area contributed by atoms with Crippen LogP contribution in [-0.4, -0.2) is 49.9 Å². The lowest BCUT2D eigenvalue weighted by Gasteiger charge is -2.24. The molecular formula is C15H17N3O5S. The van der Waals surface area contributed by atoms with Gasteiger partial charge >= 0.3 is 0 Å². The zero-order chi connectivity index (χ0) is 17.0. The van der Waals surface area contributed by atoms with Crippen LogP contribution in [0.4, 0.5) is 0 Å². The first-order valence-corrected chi connectivity index (χ1v) is 8.86. The molecule has 2 aromatic rings. The predicted octanol–water partition coefficient (Wildman–Crippen LogP) is 0.626. The second kappa shape index (κ2) is 7.12. The number of sulfonamides is 1. The van der Waals surface area contributed by atoms with E-state index in [0.29, 0.717) is 13.2 Å². The highest BCUT2D eigenvalue weighted by molar-refractivity contribution is 7.89. The summed E-state index contributed by atoms with van der Waals surface area (Å²) in [5, 5.41) is 2.42. The number of furan rings is 1. The van der Waals surface area contributed by atoms with Crippen molar-refractivity contribution in [1.29, 1.82) is 0 Å². The third kappa shape index (κ3) is 3.64. The molecule has 0 radical (unpaired) electrons. The first-order chi connectivity index (χ1) is 11.6. The lowest BCUT2D eigenvalue weighted by Crippen LogP contribution is -2.40. The molecule has 24 heavy (non-hydrogen) atoms. The van der Waals surface area contributed by atoms with Gasteiger partial charge in [-0.2, -0.15) is 4.31 Å². The molecule has 1 amide bonds. The molecular weight excluding hydrogens is 334 g/mol. The Balaban J connectivity index is 1.67. The van der Waals surface area contributed by atoms with Gasteiger partial charge in [0.25, 0.3) is 15.9 Å². The summed E-state index contributed by atoms with van der Waals surface area (Å²) < 4.78 is 36.6. The summed E-state index contributed by atoms with van der Waals surface area (Å²) >= 11 is 0. The second-order valence-electron chi connectivity index (χ2n) is 5.18. The maximum Gasteiger partial charge on any atom is 0.287 e. The van der Waals surface area contributed by atoms with E-state index in [-0.39, 0.29) is 30.5 Å². The summed E-state index contributed by atoms with van der Waals surface area (Å²) in [5.74, 6) is -0.534. The zero-order valence-corrected chi connectivity index (χ0v) is 13.7. The van der Waals surface area contributed by atoms with Gasteiger partial charge in [0, 0.05) is 32.0 Å². The average molecular weight is 351 g/mol. The summed E-state index contributed by atoms with van der Waals surface area (Å²) in [5.41, 5.74) is 0.832. The average Bonchev–Trinajstić information content (AvgIpc) is 3.12. The van der Waals surface area contributed by atoms with E-state index in [0.717, 1.165) is 5.56 Å². The van der Waals surface area contributed by atoms with Crippen LogP contribution < -0.4 is 5.32 Å². The van der Waals surface area contributed by atoms with Crippen molar-refractivity contribution in [2.75, 3.05) is 26.3 Å². The van der Waals surface area contributed by atoms with Crippen LogP contribution in [0.2, 0.25) is 0 Å². The lowest BCUT2D eigenvalue weighted by atomic mass is 10.3. The number of nitrogens with zero attached hydrogens (tertiary/aromatic N) is 2. The van der Waals surface area contributed by atoms with Crippen LogP contribution in [0.1, 0.15) is 16.1 Å². The van der Waals surface area contributed by atoms with E-state index in [1.165, 1.54) is 16.4 Å². The molecule has 1 aliphatic heterocycles. The Morgan fingerprint density at radius 2 is 2.04 bits per heavy atom. The summed E-state index contributed by atoms with van der Waals surface area (Å²) in [6, 6.07) is 6.24. The number of hydrogen-bond acceptors (Lipinski definition) is 6. The molecule has 0 atom stereocenters. The van der Waals surface area contributed by atoms with Crippen LogP contribution >= 0.6 is 0 Å². The second-order valence-corrected chi connectivity index (χ2v) is 7.05. The standard InChI is InChI=1S/C15H17N3O5S/c19-15(17-11-12-2-1-5-16-10-12)13-3-4-14(23-13)24(20,21)18-6-8-22-9-7-18/h1-5,10H,6-9,11H2,(H,17,19). The van der Waals surface area contributed by atoms with Gasteiger partial charge in [-0.25, -0.2) is 8.42 Å². The minimum atomic E-state index is -3.75. The fourth-order valence-corrected chi connectivity index (χ4v) is 3.59. The summed E-state index contributed by atoms with van der Waals surface area (Å²) in [4.78, 5) is 16.0. The minimum absolute atomic E-state index is 0.0503. The number of morpholine rings is 1. The first-order valence-electron chi connectivity index (χ1n) is 7.42. The fraction of sp³-hybridized carbons (Fsp3) is 0.333. The van der Waals surface area contributed by atoms with Crippen LogP contribution in [-0.2, 0) is 21.3 Å². The molecule has 1 aliphatic rings. The van der Waals surface area contributed by atoms with Crippen molar-refractivity contribution >= 4 is 15.9 Å². The molecule has 0 bridgehead atoms. The van der Waals surface area contributed by atoms with E-state index in [9.17, 15) is 13.2 Å². The van der Waals surface area contributed by atoms with Crippen LogP contribution in [0.5, 0.6) is 0 Å². The van der Waals surface area contributed by atoms with Gasteiger partial charge in [-0.3, -0.25) is 9.78 Å². The van der Waals surface area contributed by atoms with Gasteiger partial charge < -0.3 is 14.5 Å². The quantitative estimate of drug-likeness (QED) is 0.847. The molecule has 128 valence electrons. The van der Waals surface area contributed by atoms with Crippen molar-refractivity contribution in [3.05, 3.63) is 48.0 Å². The molecule has 8 nitrogen and oxygen atoms in total. The smallest absolute Gasteiger partial charge is 0.287 e. The molecule has 1 N–H and O–H groups in total. The molecule has 0 unspecified atom stereocenters. The third-order valence-electron chi connectivity index (χ3n) is 3.55. The highest BCUT2D eigenvalue weighted by atomic mass is 32.2. The molecule has 3 heterocycles. The number of ether oxygens (including phenoxy) is 1. The molecule has 0 saturated carbocycles. The van der Waals surface area contributed by atoms with Crippen LogP contribution in [0.3, 0.4) is 0 Å². The first kappa shape index (κ1) is 16.6. The molecule has 0 aromatic carbocycles. The van der Waals surface area contributed by atoms with Crippen LogP contribution in [0, 0.1) is 0 Å². The SMILES string of the molecule is O=C(NCc1cccnc1)c1ccc(S(=O)(=O)N2CCOCC2)o1. The summed E-state index contributed by atoms with van der Waals surface area (Å²) in [6.45, 7) is 1.51. The molecule has 3 rings (SSSR count). The fourth-order valence-electron chi connectivity index (χ4n) is 2.27. The van der Waals surface area contributed by atoms with E-state index in [4.69, 9.17) is 9.15 Å². The number of carbonyl (C=O) groups is 1. The van der Waals surface area contributed by atoms with Gasteiger partial charge in [-0.1, -0.05) is 6.07 Å². The van der Waals surface area contributed by atoms with Gasteiger partial charge in [0.2, 0.25) is 5.09 Å². The predicted molar refractivity (Wildman–Crippen MR) is 83.7 cm³/mol. The molecule has 9 heteroatoms. The number of aromatic nitrogens is 1. The molecule has 2 aromatic heterocycles. The number of hydrogen-bond donors (Lipinski definition) is 1. The van der Waals surface area contributed by atoms with Crippen molar-refractivity contribution in [3.63, 3.8) is 0 Å². The van der Waals surface area contributed by atoms with E-state index in [1.807, 2.05) is 6.07 Å². The lowest BCUT2D eigenvalue weighted by molar-refractivity contribution is 0.0722. The van der Waals surface area contributed by atoms with Gasteiger partial charge in [-0.15, -0.1) is 0 Å². The number of amides is 1. The largest absolute Gasteiger partial charge is 0.438 e. The van der Waals surface area contributed by atoms with Gasteiger partial charge in [0.1, 0.15) is 0 Å². The number of pyridine rings is 1. The molecule has 1 fully saturated rings. The van der Waals surface area contributed by atoms with Crippen LogP contribution in [0.25, 0.3) is 0 Å². The van der Waals surface area contributed by atoms with Gasteiger partial charge in [0.05, 0.1) is 13.2 Å². The summed E-state index contributed by atoms with van der Waals surface area (Å²) in [6.07, 6.45) is 3.28. The topological polar surface area (TPSA) is 102 Å². The summed E-state index contributed by atoms with van der Waals surface area (Å²) in [7, 11) is -3.75. The van der Waals surface area contributed by atoms with Crippen LogP contribution in [0.15, 0.2) is 46.2 Å². The Morgan fingerprint density at radius 3 is 2.75 bits per heavy atom. The van der Waals surface area contributed by atoms with E-state index < -0.39 is 15.9 Å². The number of rotatable bonds is 5. The van der Waals surface area contributed by atoms with Gasteiger partial charge in [-0.05, 0) is 23.8 Å². The van der Waals surface area contributed by atoms with E-state index in [2.05, 4.69) is 10.3 Å². The Hall–Kier alpha value is -2.23. The third-order valence-corrected chi connectivity index (χ3v) is 5.32. The normalized spacial score (nSPS) is 16.0. The Bertz CT molecular complexity index is 798. The van der Waals surface area contributed by atoms with Crippen molar-refractivity contribution < 1.29 is 22.4 Å². The highest BCUT2D eigenvalue weighted by Gasteiger charge is 2.29. The number of nitrogens with one attached hydrogen (secondary N) is 1.